The number of ketones is 1. The van der Waals surface area contributed by atoms with Gasteiger partial charge in [-0.15, -0.1) is 5.10 Å². The molecule has 1 N–H and O–H groups in total. The zero-order chi connectivity index (χ0) is 14.8. The molecule has 21 heavy (non-hydrogen) atoms. The molecule has 2 aromatic heterocycles. The summed E-state index contributed by atoms with van der Waals surface area (Å²) in [6.07, 6.45) is 4.82. The zero-order valence-electron chi connectivity index (χ0n) is 12.0. The lowest BCUT2D eigenvalue weighted by Gasteiger charge is -2.26. The fourth-order valence-electron chi connectivity index (χ4n) is 2.05. The molecule has 0 amide bonds. The lowest BCUT2D eigenvalue weighted by atomic mass is 10.1. The number of aromatic nitrogens is 4. The summed E-state index contributed by atoms with van der Waals surface area (Å²) in [5.74, 6) is 0.377. The van der Waals surface area contributed by atoms with Gasteiger partial charge in [0.15, 0.2) is 5.69 Å². The van der Waals surface area contributed by atoms with Gasteiger partial charge in [0.2, 0.25) is 5.78 Å². The van der Waals surface area contributed by atoms with E-state index < -0.39 is 0 Å². The molecule has 0 atom stereocenters. The minimum Gasteiger partial charge on any atom is -0.489 e. The first-order valence-corrected chi connectivity index (χ1v) is 6.92. The largest absolute Gasteiger partial charge is 0.489 e. The number of hydrogen-bond donors (Lipinski definition) is 1. The Bertz CT molecular complexity index is 648. The molecule has 1 aliphatic heterocycles. The van der Waals surface area contributed by atoms with Crippen LogP contribution in [0.2, 0.25) is 0 Å². The van der Waals surface area contributed by atoms with E-state index >= 15 is 0 Å². The maximum Gasteiger partial charge on any atom is 0.216 e. The maximum atomic E-state index is 12.4. The molecule has 110 valence electrons. The van der Waals surface area contributed by atoms with Crippen LogP contribution >= 0.6 is 0 Å². The predicted molar refractivity (Wildman–Crippen MR) is 75.4 cm³/mol. The minimum absolute atomic E-state index is 0.0316. The van der Waals surface area contributed by atoms with Gasteiger partial charge in [-0.25, -0.2) is 4.68 Å². The highest BCUT2D eigenvalue weighted by Gasteiger charge is 2.22. The number of ether oxygens (including phenoxy) is 1. The predicted octanol–water partition coefficient (Wildman–Crippen LogP) is 0.836. The average Bonchev–Trinajstić information content (AvgIpc) is 2.84. The first kappa shape index (κ1) is 13.7. The topological polar surface area (TPSA) is 81.9 Å². The standard InChI is InChI=1S/C14H17N5O2/c1-9(2)21-12-3-10(4-15-7-12)14(20)13-8-19(18-17-13)11-5-16-6-11/h3-4,7-9,11,16H,5-6H2,1-2H3. The van der Waals surface area contributed by atoms with Crippen molar-refractivity contribution in [3.63, 3.8) is 0 Å². The third-order valence-corrected chi connectivity index (χ3v) is 3.22. The van der Waals surface area contributed by atoms with Crippen LogP contribution < -0.4 is 10.1 Å². The van der Waals surface area contributed by atoms with Crippen LogP contribution in [0.15, 0.2) is 24.7 Å². The first-order chi connectivity index (χ1) is 10.1. The SMILES string of the molecule is CC(C)Oc1cncc(C(=O)c2cn(C3CNC3)nn2)c1. The van der Waals surface area contributed by atoms with Crippen molar-refractivity contribution in [1.82, 2.24) is 25.3 Å². The quantitative estimate of drug-likeness (QED) is 0.820. The number of rotatable bonds is 5. The molecule has 2 aromatic rings. The lowest BCUT2D eigenvalue weighted by molar-refractivity contribution is 0.103. The van der Waals surface area contributed by atoms with E-state index in [2.05, 4.69) is 20.6 Å². The number of nitrogens with one attached hydrogen (secondary N) is 1. The molecule has 0 saturated carbocycles. The molecule has 0 radical (unpaired) electrons. The van der Waals surface area contributed by atoms with E-state index in [1.807, 2.05) is 13.8 Å². The second-order valence-corrected chi connectivity index (χ2v) is 5.30. The van der Waals surface area contributed by atoms with Crippen molar-refractivity contribution in [2.45, 2.75) is 26.0 Å². The zero-order valence-corrected chi connectivity index (χ0v) is 12.0. The Morgan fingerprint density at radius 1 is 1.43 bits per heavy atom. The Labute approximate surface area is 122 Å². The van der Waals surface area contributed by atoms with Crippen LogP contribution in [0, 0.1) is 0 Å². The van der Waals surface area contributed by atoms with Gasteiger partial charge in [0, 0.05) is 24.8 Å². The number of nitrogens with zero attached hydrogens (tertiary/aromatic N) is 4. The highest BCUT2D eigenvalue weighted by Crippen LogP contribution is 2.16. The third-order valence-electron chi connectivity index (χ3n) is 3.22. The first-order valence-electron chi connectivity index (χ1n) is 6.92. The second-order valence-electron chi connectivity index (χ2n) is 5.30. The number of hydrogen-bond acceptors (Lipinski definition) is 6. The van der Waals surface area contributed by atoms with Crippen LogP contribution in [-0.2, 0) is 0 Å². The summed E-state index contributed by atoms with van der Waals surface area (Å²) in [6.45, 7) is 5.56. The van der Waals surface area contributed by atoms with Crippen molar-refractivity contribution in [2.24, 2.45) is 0 Å². The number of carbonyl (C=O) groups is 1. The van der Waals surface area contributed by atoms with Gasteiger partial charge < -0.3 is 10.1 Å². The Morgan fingerprint density at radius 3 is 2.90 bits per heavy atom. The maximum absolute atomic E-state index is 12.4. The van der Waals surface area contributed by atoms with Crippen molar-refractivity contribution in [1.29, 1.82) is 0 Å². The van der Waals surface area contributed by atoms with E-state index in [0.717, 1.165) is 13.1 Å². The minimum atomic E-state index is -0.199. The van der Waals surface area contributed by atoms with Crippen molar-refractivity contribution in [3.8, 4) is 5.75 Å². The second kappa shape index (κ2) is 5.61. The van der Waals surface area contributed by atoms with Gasteiger partial charge >= 0.3 is 0 Å². The molecular formula is C14H17N5O2. The molecule has 3 rings (SSSR count). The summed E-state index contributed by atoms with van der Waals surface area (Å²) >= 11 is 0. The van der Waals surface area contributed by atoms with Gasteiger partial charge in [-0.3, -0.25) is 9.78 Å². The van der Waals surface area contributed by atoms with Crippen molar-refractivity contribution >= 4 is 5.78 Å². The molecule has 0 unspecified atom stereocenters. The van der Waals surface area contributed by atoms with Crippen LogP contribution in [0.25, 0.3) is 0 Å². The fraction of sp³-hybridized carbons (Fsp3) is 0.429. The van der Waals surface area contributed by atoms with Gasteiger partial charge in [0.1, 0.15) is 5.75 Å². The molecule has 3 heterocycles. The summed E-state index contributed by atoms with van der Waals surface area (Å²) in [5.41, 5.74) is 0.775. The molecule has 1 fully saturated rings. The van der Waals surface area contributed by atoms with Crippen molar-refractivity contribution in [2.75, 3.05) is 13.1 Å². The summed E-state index contributed by atoms with van der Waals surface area (Å²) in [7, 11) is 0. The van der Waals surface area contributed by atoms with Gasteiger partial charge in [0.05, 0.1) is 24.5 Å². The van der Waals surface area contributed by atoms with E-state index in [4.69, 9.17) is 4.74 Å². The highest BCUT2D eigenvalue weighted by atomic mass is 16.5. The number of pyridine rings is 1. The van der Waals surface area contributed by atoms with Crippen LogP contribution in [0.4, 0.5) is 0 Å². The molecule has 1 aliphatic rings. The molecular weight excluding hydrogens is 270 g/mol. The smallest absolute Gasteiger partial charge is 0.216 e. The van der Waals surface area contributed by atoms with Gasteiger partial charge in [-0.1, -0.05) is 5.21 Å². The molecule has 0 bridgehead atoms. The van der Waals surface area contributed by atoms with E-state index in [0.29, 0.717) is 17.0 Å². The van der Waals surface area contributed by atoms with Gasteiger partial charge in [-0.2, -0.15) is 0 Å². The highest BCUT2D eigenvalue weighted by molar-refractivity contribution is 6.07. The Kier molecular flexibility index (Phi) is 3.66. The lowest BCUT2D eigenvalue weighted by Crippen LogP contribution is -2.43. The molecule has 7 nitrogen and oxygen atoms in total. The Balaban J connectivity index is 1.79. The van der Waals surface area contributed by atoms with Crippen LogP contribution in [-0.4, -0.2) is 45.0 Å². The van der Waals surface area contributed by atoms with Crippen LogP contribution in [0.5, 0.6) is 5.75 Å². The normalized spacial score (nSPS) is 15.0. The molecule has 0 aliphatic carbocycles. The van der Waals surface area contributed by atoms with Gasteiger partial charge in [-0.05, 0) is 19.9 Å². The summed E-state index contributed by atoms with van der Waals surface area (Å²) < 4.78 is 7.27. The summed E-state index contributed by atoms with van der Waals surface area (Å²) in [5, 5.41) is 11.1. The van der Waals surface area contributed by atoms with E-state index in [-0.39, 0.29) is 17.9 Å². The third kappa shape index (κ3) is 2.92. The average molecular weight is 287 g/mol. The van der Waals surface area contributed by atoms with E-state index in [1.54, 1.807) is 23.1 Å². The monoisotopic (exact) mass is 287 g/mol. The molecule has 0 aromatic carbocycles. The van der Waals surface area contributed by atoms with Crippen molar-refractivity contribution in [3.05, 3.63) is 35.9 Å². The fourth-order valence-corrected chi connectivity index (χ4v) is 2.05. The van der Waals surface area contributed by atoms with Crippen LogP contribution in [0.3, 0.4) is 0 Å². The number of carbonyl (C=O) groups excluding carboxylic acids is 1. The molecule has 0 spiro atoms. The Hall–Kier alpha value is -2.28. The van der Waals surface area contributed by atoms with E-state index in [1.165, 1.54) is 6.20 Å². The van der Waals surface area contributed by atoms with E-state index in [9.17, 15) is 4.79 Å². The Morgan fingerprint density at radius 2 is 2.24 bits per heavy atom. The molecule has 7 heteroatoms. The van der Waals surface area contributed by atoms with Crippen LogP contribution in [0.1, 0.15) is 35.9 Å². The summed E-state index contributed by atoms with van der Waals surface area (Å²) in [6, 6.07) is 1.96. The van der Waals surface area contributed by atoms with Crippen molar-refractivity contribution < 1.29 is 9.53 Å². The molecule has 1 saturated heterocycles. The van der Waals surface area contributed by atoms with Gasteiger partial charge in [0.25, 0.3) is 0 Å². The summed E-state index contributed by atoms with van der Waals surface area (Å²) in [4.78, 5) is 16.4.